The van der Waals surface area contributed by atoms with Gasteiger partial charge in [-0.05, 0) is 49.9 Å². The van der Waals surface area contributed by atoms with Crippen LogP contribution in [0.15, 0.2) is 12.1 Å². The van der Waals surface area contributed by atoms with Crippen molar-refractivity contribution >= 4 is 5.69 Å². The topological polar surface area (TPSA) is 56.7 Å². The van der Waals surface area contributed by atoms with Crippen LogP contribution in [0.2, 0.25) is 0 Å². The Balaban J connectivity index is 2.15. The average Bonchev–Trinajstić information content (AvgIpc) is 2.63. The van der Waals surface area contributed by atoms with Crippen LogP contribution in [0, 0.1) is 13.8 Å². The van der Waals surface area contributed by atoms with Crippen LogP contribution >= 0.6 is 0 Å². The van der Waals surface area contributed by atoms with Gasteiger partial charge in [0.25, 0.3) is 0 Å². The minimum atomic E-state index is 0.795. The molecule has 3 rings (SSSR count). The summed E-state index contributed by atoms with van der Waals surface area (Å²) in [4.78, 5) is 0. The summed E-state index contributed by atoms with van der Waals surface area (Å²) >= 11 is 0. The van der Waals surface area contributed by atoms with E-state index in [0.717, 1.165) is 35.9 Å². The van der Waals surface area contributed by atoms with Gasteiger partial charge in [0, 0.05) is 24.2 Å². The predicted molar refractivity (Wildman–Crippen MR) is 76.9 cm³/mol. The van der Waals surface area contributed by atoms with Crippen molar-refractivity contribution < 1.29 is 0 Å². The van der Waals surface area contributed by atoms with E-state index in [2.05, 4.69) is 28.6 Å². The van der Waals surface area contributed by atoms with Gasteiger partial charge < -0.3 is 10.3 Å². The monoisotopic (exact) mass is 256 g/mol. The lowest BCUT2D eigenvalue weighted by atomic mass is 10.0. The fourth-order valence-corrected chi connectivity index (χ4v) is 2.80. The van der Waals surface area contributed by atoms with Crippen LogP contribution in [0.25, 0.3) is 11.4 Å². The summed E-state index contributed by atoms with van der Waals surface area (Å²) < 4.78 is 2.27. The zero-order valence-corrected chi connectivity index (χ0v) is 11.6. The smallest absolute Gasteiger partial charge is 0.164 e. The summed E-state index contributed by atoms with van der Waals surface area (Å²) in [5, 5.41) is 8.78. The molecule has 2 heterocycles. The van der Waals surface area contributed by atoms with Gasteiger partial charge in [-0.1, -0.05) is 6.42 Å². The number of rotatable bonds is 1. The zero-order valence-electron chi connectivity index (χ0n) is 11.6. The van der Waals surface area contributed by atoms with Gasteiger partial charge in [0.1, 0.15) is 5.82 Å². The summed E-state index contributed by atoms with van der Waals surface area (Å²) in [6.07, 6.45) is 4.73. The molecule has 1 aromatic carbocycles. The van der Waals surface area contributed by atoms with Crippen molar-refractivity contribution in [2.75, 3.05) is 5.73 Å². The molecule has 2 aromatic rings. The molecule has 19 heavy (non-hydrogen) atoms. The normalized spacial score (nSPS) is 15.1. The molecule has 100 valence electrons. The van der Waals surface area contributed by atoms with Crippen LogP contribution < -0.4 is 5.73 Å². The number of nitrogen functional groups attached to an aromatic ring is 1. The van der Waals surface area contributed by atoms with Crippen molar-refractivity contribution in [3.8, 4) is 11.4 Å². The molecule has 1 aromatic heterocycles. The van der Waals surface area contributed by atoms with Gasteiger partial charge in [-0.25, -0.2) is 0 Å². The van der Waals surface area contributed by atoms with Gasteiger partial charge in [-0.3, -0.25) is 0 Å². The molecule has 0 saturated carbocycles. The molecule has 0 aliphatic carbocycles. The molecular weight excluding hydrogens is 236 g/mol. The predicted octanol–water partition coefficient (Wildman–Crippen LogP) is 2.87. The van der Waals surface area contributed by atoms with Crippen LogP contribution in [0.1, 0.15) is 36.2 Å². The van der Waals surface area contributed by atoms with E-state index in [-0.39, 0.29) is 0 Å². The molecule has 0 radical (unpaired) electrons. The van der Waals surface area contributed by atoms with E-state index in [0.29, 0.717) is 0 Å². The SMILES string of the molecule is Cc1cc(N)cc(-c2nnc3n2CCCCC3)c1C. The standard InChI is InChI=1S/C15H20N4/c1-10-8-12(16)9-13(11(10)2)15-18-17-14-6-4-3-5-7-19(14)15/h8-9H,3-7,16H2,1-2H3. The molecule has 0 bridgehead atoms. The number of nitrogens with two attached hydrogens (primary N) is 1. The van der Waals surface area contributed by atoms with Crippen molar-refractivity contribution in [1.29, 1.82) is 0 Å². The molecule has 2 N–H and O–H groups in total. The second kappa shape index (κ2) is 4.68. The third-order valence-corrected chi connectivity index (χ3v) is 4.04. The highest BCUT2D eigenvalue weighted by molar-refractivity contribution is 5.67. The first-order valence-electron chi connectivity index (χ1n) is 6.96. The van der Waals surface area contributed by atoms with Crippen molar-refractivity contribution in [3.05, 3.63) is 29.1 Å². The van der Waals surface area contributed by atoms with Gasteiger partial charge in [0.2, 0.25) is 0 Å². The average molecular weight is 256 g/mol. The largest absolute Gasteiger partial charge is 0.399 e. The highest BCUT2D eigenvalue weighted by Crippen LogP contribution is 2.29. The summed E-state index contributed by atoms with van der Waals surface area (Å²) in [6, 6.07) is 4.03. The Labute approximate surface area is 113 Å². The molecule has 1 aliphatic heterocycles. The molecule has 0 atom stereocenters. The third kappa shape index (κ3) is 2.11. The first-order chi connectivity index (χ1) is 9.16. The van der Waals surface area contributed by atoms with E-state index < -0.39 is 0 Å². The lowest BCUT2D eigenvalue weighted by Crippen LogP contribution is -2.04. The Morgan fingerprint density at radius 3 is 2.79 bits per heavy atom. The Morgan fingerprint density at radius 2 is 1.95 bits per heavy atom. The fraction of sp³-hybridized carbons (Fsp3) is 0.467. The van der Waals surface area contributed by atoms with Crippen molar-refractivity contribution in [3.63, 3.8) is 0 Å². The van der Waals surface area contributed by atoms with Crippen LogP contribution in [0.5, 0.6) is 0 Å². The maximum absolute atomic E-state index is 5.98. The van der Waals surface area contributed by atoms with E-state index >= 15 is 0 Å². The second-order valence-corrected chi connectivity index (χ2v) is 5.41. The molecule has 0 unspecified atom stereocenters. The second-order valence-electron chi connectivity index (χ2n) is 5.41. The number of benzene rings is 1. The lowest BCUT2D eigenvalue weighted by molar-refractivity contribution is 0.636. The van der Waals surface area contributed by atoms with Crippen molar-refractivity contribution in [2.24, 2.45) is 0 Å². The zero-order chi connectivity index (χ0) is 13.4. The highest BCUT2D eigenvalue weighted by Gasteiger charge is 2.18. The number of aromatic nitrogens is 3. The molecule has 1 aliphatic rings. The molecule has 0 amide bonds. The third-order valence-electron chi connectivity index (χ3n) is 4.04. The number of aryl methyl sites for hydroxylation is 2. The molecule has 4 heteroatoms. The maximum Gasteiger partial charge on any atom is 0.164 e. The Bertz CT molecular complexity index is 613. The maximum atomic E-state index is 5.98. The summed E-state index contributed by atoms with van der Waals surface area (Å²) in [5.74, 6) is 2.09. The van der Waals surface area contributed by atoms with E-state index in [1.54, 1.807) is 0 Å². The lowest BCUT2D eigenvalue weighted by Gasteiger charge is -2.12. The summed E-state index contributed by atoms with van der Waals surface area (Å²) in [6.45, 7) is 5.24. The number of anilines is 1. The van der Waals surface area contributed by atoms with Gasteiger partial charge >= 0.3 is 0 Å². The van der Waals surface area contributed by atoms with E-state index in [9.17, 15) is 0 Å². The quantitative estimate of drug-likeness (QED) is 0.798. The Kier molecular flexibility index (Phi) is 3.01. The highest BCUT2D eigenvalue weighted by atomic mass is 15.3. The number of nitrogens with zero attached hydrogens (tertiary/aromatic N) is 3. The van der Waals surface area contributed by atoms with E-state index in [1.807, 2.05) is 12.1 Å². The summed E-state index contributed by atoms with van der Waals surface area (Å²) in [5.41, 5.74) is 10.4. The Morgan fingerprint density at radius 1 is 1.11 bits per heavy atom. The van der Waals surface area contributed by atoms with Gasteiger partial charge in [0.15, 0.2) is 5.82 Å². The van der Waals surface area contributed by atoms with Crippen LogP contribution in [-0.4, -0.2) is 14.8 Å². The molecule has 0 fully saturated rings. The van der Waals surface area contributed by atoms with Crippen molar-refractivity contribution in [1.82, 2.24) is 14.8 Å². The van der Waals surface area contributed by atoms with Gasteiger partial charge in [0.05, 0.1) is 0 Å². The summed E-state index contributed by atoms with van der Waals surface area (Å²) in [7, 11) is 0. The van der Waals surface area contributed by atoms with Gasteiger partial charge in [-0.2, -0.15) is 0 Å². The molecule has 0 saturated heterocycles. The van der Waals surface area contributed by atoms with E-state index in [4.69, 9.17) is 5.73 Å². The number of hydrogen-bond donors (Lipinski definition) is 1. The number of hydrogen-bond acceptors (Lipinski definition) is 3. The molecule has 0 spiro atoms. The minimum absolute atomic E-state index is 0.795. The number of fused-ring (bicyclic) bond motifs is 1. The first kappa shape index (κ1) is 12.2. The van der Waals surface area contributed by atoms with Crippen LogP contribution in [0.4, 0.5) is 5.69 Å². The van der Waals surface area contributed by atoms with Crippen LogP contribution in [-0.2, 0) is 13.0 Å². The van der Waals surface area contributed by atoms with Gasteiger partial charge in [-0.15, -0.1) is 10.2 Å². The molecule has 4 nitrogen and oxygen atoms in total. The molecular formula is C15H20N4. The fourth-order valence-electron chi connectivity index (χ4n) is 2.80. The van der Waals surface area contributed by atoms with E-state index in [1.165, 1.54) is 30.4 Å². The van der Waals surface area contributed by atoms with Crippen LogP contribution in [0.3, 0.4) is 0 Å². The Hall–Kier alpha value is -1.84. The van der Waals surface area contributed by atoms with Crippen molar-refractivity contribution in [2.45, 2.75) is 46.1 Å². The first-order valence-corrected chi connectivity index (χ1v) is 6.96. The minimum Gasteiger partial charge on any atom is -0.399 e.